The Morgan fingerprint density at radius 2 is 2.00 bits per heavy atom. The van der Waals surface area contributed by atoms with Gasteiger partial charge in [0, 0.05) is 17.2 Å². The minimum Gasteiger partial charge on any atom is -0.349 e. The third-order valence-corrected chi connectivity index (χ3v) is 5.23. The summed E-state index contributed by atoms with van der Waals surface area (Å²) in [7, 11) is 0. The fraction of sp³-hybridized carbons (Fsp3) is 0.474. The highest BCUT2D eigenvalue weighted by Crippen LogP contribution is 2.32. The highest BCUT2D eigenvalue weighted by Gasteiger charge is 2.30. The lowest BCUT2D eigenvalue weighted by Crippen LogP contribution is -2.38. The van der Waals surface area contributed by atoms with E-state index < -0.39 is 0 Å². The van der Waals surface area contributed by atoms with Crippen molar-refractivity contribution < 1.29 is 4.79 Å². The number of carbonyl (C=O) groups is 1. The molecule has 1 fully saturated rings. The maximum atomic E-state index is 12.3. The van der Waals surface area contributed by atoms with Crippen LogP contribution in [0.25, 0.3) is 0 Å². The van der Waals surface area contributed by atoms with Crippen molar-refractivity contribution in [2.75, 3.05) is 0 Å². The Morgan fingerprint density at radius 1 is 1.17 bits per heavy atom. The van der Waals surface area contributed by atoms with Gasteiger partial charge in [0.05, 0.1) is 18.8 Å². The molecule has 120 valence electrons. The van der Waals surface area contributed by atoms with Crippen molar-refractivity contribution in [3.8, 4) is 0 Å². The molecule has 1 saturated carbocycles. The Morgan fingerprint density at radius 3 is 2.74 bits per heavy atom. The molecule has 1 unspecified atom stereocenters. The Labute approximate surface area is 136 Å². The third kappa shape index (κ3) is 2.90. The Balaban J connectivity index is 1.51. The van der Waals surface area contributed by atoms with Gasteiger partial charge in [-0.1, -0.05) is 36.8 Å². The number of fused-ring (bicyclic) bond motifs is 1. The molecule has 2 aliphatic rings. The molecule has 1 aromatic carbocycles. The molecule has 1 heterocycles. The van der Waals surface area contributed by atoms with Gasteiger partial charge in [-0.2, -0.15) is 5.10 Å². The van der Waals surface area contributed by atoms with Crippen LogP contribution in [0.5, 0.6) is 0 Å². The highest BCUT2D eigenvalue weighted by molar-refractivity contribution is 5.79. The summed E-state index contributed by atoms with van der Waals surface area (Å²) in [4.78, 5) is 12.3. The van der Waals surface area contributed by atoms with Crippen molar-refractivity contribution in [1.82, 2.24) is 15.1 Å². The van der Waals surface area contributed by atoms with Crippen LogP contribution in [0.15, 0.2) is 36.5 Å². The molecule has 4 rings (SSSR count). The SMILES string of the molecule is O=C(NC1CCCc2c1cnn2Cc1ccccc1)C1CCC1. The van der Waals surface area contributed by atoms with Crippen LogP contribution in [0.3, 0.4) is 0 Å². The summed E-state index contributed by atoms with van der Waals surface area (Å²) in [5.74, 6) is 0.490. The first-order chi connectivity index (χ1) is 11.3. The minimum absolute atomic E-state index is 0.149. The van der Waals surface area contributed by atoms with E-state index in [1.807, 2.05) is 12.3 Å². The molecule has 4 heteroatoms. The van der Waals surface area contributed by atoms with Gasteiger partial charge in [-0.15, -0.1) is 0 Å². The maximum absolute atomic E-state index is 12.3. The average molecular weight is 309 g/mol. The molecule has 23 heavy (non-hydrogen) atoms. The predicted molar refractivity (Wildman–Crippen MR) is 88.9 cm³/mol. The van der Waals surface area contributed by atoms with Crippen LogP contribution in [-0.2, 0) is 17.8 Å². The monoisotopic (exact) mass is 309 g/mol. The van der Waals surface area contributed by atoms with Crippen LogP contribution in [0.4, 0.5) is 0 Å². The fourth-order valence-electron chi connectivity index (χ4n) is 3.62. The molecule has 2 aliphatic carbocycles. The van der Waals surface area contributed by atoms with Gasteiger partial charge in [0.1, 0.15) is 0 Å². The van der Waals surface area contributed by atoms with E-state index in [1.165, 1.54) is 23.2 Å². The van der Waals surface area contributed by atoms with Crippen LogP contribution in [0, 0.1) is 5.92 Å². The van der Waals surface area contributed by atoms with E-state index in [2.05, 4.69) is 39.4 Å². The molecule has 0 spiro atoms. The van der Waals surface area contributed by atoms with Crippen molar-refractivity contribution in [2.24, 2.45) is 5.92 Å². The van der Waals surface area contributed by atoms with Crippen molar-refractivity contribution in [1.29, 1.82) is 0 Å². The quantitative estimate of drug-likeness (QED) is 0.942. The molecule has 4 nitrogen and oxygen atoms in total. The predicted octanol–water partition coefficient (Wildman–Crippen LogP) is 3.23. The molecular formula is C19H23N3O. The lowest BCUT2D eigenvalue weighted by atomic mass is 9.84. The molecule has 1 atom stereocenters. The number of benzene rings is 1. The van der Waals surface area contributed by atoms with Gasteiger partial charge in [-0.25, -0.2) is 0 Å². The van der Waals surface area contributed by atoms with E-state index in [1.54, 1.807) is 0 Å². The molecule has 0 aliphatic heterocycles. The van der Waals surface area contributed by atoms with Crippen LogP contribution < -0.4 is 5.32 Å². The van der Waals surface area contributed by atoms with Gasteiger partial charge < -0.3 is 5.32 Å². The Kier molecular flexibility index (Phi) is 3.90. The summed E-state index contributed by atoms with van der Waals surface area (Å²) in [5.41, 5.74) is 3.78. The normalized spacial score (nSPS) is 20.6. The number of rotatable bonds is 4. The van der Waals surface area contributed by atoms with E-state index in [-0.39, 0.29) is 17.9 Å². The second-order valence-corrected chi connectivity index (χ2v) is 6.77. The summed E-state index contributed by atoms with van der Waals surface area (Å²) in [6.07, 6.45) is 8.47. The summed E-state index contributed by atoms with van der Waals surface area (Å²) in [6, 6.07) is 10.6. The number of nitrogens with zero attached hydrogens (tertiary/aromatic N) is 2. The van der Waals surface area contributed by atoms with E-state index in [0.717, 1.165) is 38.6 Å². The van der Waals surface area contributed by atoms with Gasteiger partial charge in [0.2, 0.25) is 5.91 Å². The zero-order valence-electron chi connectivity index (χ0n) is 13.4. The molecule has 1 aromatic heterocycles. The molecule has 0 radical (unpaired) electrons. The van der Waals surface area contributed by atoms with Gasteiger partial charge in [0.25, 0.3) is 0 Å². The summed E-state index contributed by atoms with van der Waals surface area (Å²) < 4.78 is 2.10. The zero-order valence-corrected chi connectivity index (χ0v) is 13.4. The highest BCUT2D eigenvalue weighted by atomic mass is 16.2. The fourth-order valence-corrected chi connectivity index (χ4v) is 3.62. The van der Waals surface area contributed by atoms with Crippen molar-refractivity contribution in [2.45, 2.75) is 51.1 Å². The number of hydrogen-bond acceptors (Lipinski definition) is 2. The first-order valence-corrected chi connectivity index (χ1v) is 8.70. The number of amides is 1. The minimum atomic E-state index is 0.149. The molecule has 2 aromatic rings. The largest absolute Gasteiger partial charge is 0.349 e. The topological polar surface area (TPSA) is 46.9 Å². The van der Waals surface area contributed by atoms with E-state index in [4.69, 9.17) is 0 Å². The van der Waals surface area contributed by atoms with E-state index >= 15 is 0 Å². The zero-order chi connectivity index (χ0) is 15.6. The van der Waals surface area contributed by atoms with Gasteiger partial charge in [0.15, 0.2) is 0 Å². The van der Waals surface area contributed by atoms with Crippen molar-refractivity contribution in [3.05, 3.63) is 53.3 Å². The van der Waals surface area contributed by atoms with Gasteiger partial charge in [-0.3, -0.25) is 9.48 Å². The van der Waals surface area contributed by atoms with Crippen LogP contribution in [0.1, 0.15) is 55.0 Å². The second kappa shape index (κ2) is 6.19. The lowest BCUT2D eigenvalue weighted by molar-refractivity contribution is -0.128. The van der Waals surface area contributed by atoms with E-state index in [0.29, 0.717) is 0 Å². The van der Waals surface area contributed by atoms with Crippen LogP contribution >= 0.6 is 0 Å². The van der Waals surface area contributed by atoms with Crippen molar-refractivity contribution in [3.63, 3.8) is 0 Å². The van der Waals surface area contributed by atoms with Crippen LogP contribution in [0.2, 0.25) is 0 Å². The summed E-state index contributed by atoms with van der Waals surface area (Å²) in [5, 5.41) is 7.86. The standard InChI is InChI=1S/C19H23N3O/c23-19(15-8-4-9-15)21-17-10-5-11-18-16(17)12-20-22(18)13-14-6-2-1-3-7-14/h1-3,6-7,12,15,17H,4-5,8-11,13H2,(H,21,23). The first-order valence-electron chi connectivity index (χ1n) is 8.70. The molecule has 0 saturated heterocycles. The average Bonchev–Trinajstić information content (AvgIpc) is 2.91. The molecular weight excluding hydrogens is 286 g/mol. The molecule has 1 amide bonds. The Bertz CT molecular complexity index is 688. The maximum Gasteiger partial charge on any atom is 0.223 e. The smallest absolute Gasteiger partial charge is 0.223 e. The van der Waals surface area contributed by atoms with Gasteiger partial charge in [-0.05, 0) is 37.7 Å². The van der Waals surface area contributed by atoms with Crippen molar-refractivity contribution >= 4 is 5.91 Å². The van der Waals surface area contributed by atoms with Gasteiger partial charge >= 0.3 is 0 Å². The number of nitrogens with one attached hydrogen (secondary N) is 1. The summed E-state index contributed by atoms with van der Waals surface area (Å²) >= 11 is 0. The second-order valence-electron chi connectivity index (χ2n) is 6.77. The van der Waals surface area contributed by atoms with E-state index in [9.17, 15) is 4.79 Å². The number of hydrogen-bond donors (Lipinski definition) is 1. The number of aromatic nitrogens is 2. The number of carbonyl (C=O) groups excluding carboxylic acids is 1. The Hall–Kier alpha value is -2.10. The van der Waals surface area contributed by atoms with Crippen LogP contribution in [-0.4, -0.2) is 15.7 Å². The summed E-state index contributed by atoms with van der Waals surface area (Å²) in [6.45, 7) is 0.805. The third-order valence-electron chi connectivity index (χ3n) is 5.23. The molecule has 1 N–H and O–H groups in total. The first kappa shape index (κ1) is 14.5. The lowest BCUT2D eigenvalue weighted by Gasteiger charge is -2.29. The molecule has 0 bridgehead atoms.